The maximum absolute atomic E-state index is 13.5. The Labute approximate surface area is 119 Å². The fourth-order valence-corrected chi connectivity index (χ4v) is 2.95. The van der Waals surface area contributed by atoms with Gasteiger partial charge in [0.25, 0.3) is 0 Å². The van der Waals surface area contributed by atoms with E-state index in [1.165, 1.54) is 12.8 Å². The Morgan fingerprint density at radius 1 is 1.21 bits per heavy atom. The summed E-state index contributed by atoms with van der Waals surface area (Å²) in [6.45, 7) is 2.38. The standard InChI is InChI=1S/C15H22ClFN2/c1-10-7-14(16)11(8-15(10)17)9-19-13-5-3-12(18-2)4-6-13/h7-8,12-13,18-19H,3-6,9H2,1-2H3. The smallest absolute Gasteiger partial charge is 0.126 e. The first-order chi connectivity index (χ1) is 9.10. The molecule has 106 valence electrons. The molecule has 2 N–H and O–H groups in total. The van der Waals surface area contributed by atoms with E-state index in [-0.39, 0.29) is 5.82 Å². The van der Waals surface area contributed by atoms with E-state index >= 15 is 0 Å². The molecular weight excluding hydrogens is 263 g/mol. The fourth-order valence-electron chi connectivity index (χ4n) is 2.66. The molecule has 1 saturated carbocycles. The number of nitrogens with one attached hydrogen (secondary N) is 2. The van der Waals surface area contributed by atoms with E-state index in [2.05, 4.69) is 10.6 Å². The van der Waals surface area contributed by atoms with Crippen LogP contribution in [0, 0.1) is 12.7 Å². The molecule has 0 aliphatic heterocycles. The lowest BCUT2D eigenvalue weighted by atomic mass is 9.91. The Morgan fingerprint density at radius 2 is 1.84 bits per heavy atom. The van der Waals surface area contributed by atoms with E-state index in [9.17, 15) is 4.39 Å². The van der Waals surface area contributed by atoms with Crippen LogP contribution in [-0.2, 0) is 6.54 Å². The zero-order valence-electron chi connectivity index (χ0n) is 11.6. The van der Waals surface area contributed by atoms with Gasteiger partial charge in [0.15, 0.2) is 0 Å². The molecule has 0 saturated heterocycles. The van der Waals surface area contributed by atoms with Crippen LogP contribution in [0.5, 0.6) is 0 Å². The van der Waals surface area contributed by atoms with Crippen LogP contribution in [0.25, 0.3) is 0 Å². The second kappa shape index (κ2) is 6.69. The summed E-state index contributed by atoms with van der Waals surface area (Å²) in [5.41, 5.74) is 1.45. The molecule has 0 spiro atoms. The molecule has 2 nitrogen and oxygen atoms in total. The van der Waals surface area contributed by atoms with Gasteiger partial charge in [-0.1, -0.05) is 11.6 Å². The number of hydrogen-bond donors (Lipinski definition) is 2. The SMILES string of the molecule is CNC1CCC(NCc2cc(F)c(C)cc2Cl)CC1. The number of halogens is 2. The van der Waals surface area contributed by atoms with Crippen molar-refractivity contribution in [1.82, 2.24) is 10.6 Å². The van der Waals surface area contributed by atoms with E-state index < -0.39 is 0 Å². The monoisotopic (exact) mass is 284 g/mol. The zero-order chi connectivity index (χ0) is 13.8. The molecule has 0 radical (unpaired) electrons. The quantitative estimate of drug-likeness (QED) is 0.885. The van der Waals surface area contributed by atoms with Crippen molar-refractivity contribution < 1.29 is 4.39 Å². The molecule has 19 heavy (non-hydrogen) atoms. The van der Waals surface area contributed by atoms with Crippen molar-refractivity contribution in [2.75, 3.05) is 7.05 Å². The molecule has 0 unspecified atom stereocenters. The van der Waals surface area contributed by atoms with Gasteiger partial charge >= 0.3 is 0 Å². The summed E-state index contributed by atoms with van der Waals surface area (Å²) in [4.78, 5) is 0. The highest BCUT2D eigenvalue weighted by atomic mass is 35.5. The van der Waals surface area contributed by atoms with Gasteiger partial charge in [-0.25, -0.2) is 4.39 Å². The minimum Gasteiger partial charge on any atom is -0.317 e. The van der Waals surface area contributed by atoms with E-state index in [0.717, 1.165) is 18.4 Å². The number of aryl methyl sites for hydroxylation is 1. The average molecular weight is 285 g/mol. The zero-order valence-corrected chi connectivity index (χ0v) is 12.4. The Balaban J connectivity index is 1.88. The van der Waals surface area contributed by atoms with E-state index in [1.807, 2.05) is 7.05 Å². The number of benzene rings is 1. The highest BCUT2D eigenvalue weighted by Crippen LogP contribution is 2.22. The summed E-state index contributed by atoms with van der Waals surface area (Å²) in [6.07, 6.45) is 4.73. The predicted molar refractivity (Wildman–Crippen MR) is 78.1 cm³/mol. The van der Waals surface area contributed by atoms with Gasteiger partial charge in [0.1, 0.15) is 5.82 Å². The Bertz CT molecular complexity index is 428. The molecular formula is C15H22ClFN2. The van der Waals surface area contributed by atoms with Gasteiger partial charge in [-0.2, -0.15) is 0 Å². The lowest BCUT2D eigenvalue weighted by Gasteiger charge is -2.29. The summed E-state index contributed by atoms with van der Waals surface area (Å²) in [5, 5.41) is 7.46. The van der Waals surface area contributed by atoms with Crippen molar-refractivity contribution in [2.45, 2.75) is 51.2 Å². The van der Waals surface area contributed by atoms with Crippen LogP contribution in [0.2, 0.25) is 5.02 Å². The molecule has 1 aromatic rings. The van der Waals surface area contributed by atoms with Crippen molar-refractivity contribution >= 4 is 11.6 Å². The van der Waals surface area contributed by atoms with Crippen LogP contribution < -0.4 is 10.6 Å². The molecule has 0 atom stereocenters. The molecule has 0 aromatic heterocycles. The average Bonchev–Trinajstić information content (AvgIpc) is 2.42. The van der Waals surface area contributed by atoms with Crippen molar-refractivity contribution in [1.29, 1.82) is 0 Å². The van der Waals surface area contributed by atoms with Crippen LogP contribution in [0.4, 0.5) is 4.39 Å². The van der Waals surface area contributed by atoms with Gasteiger partial charge in [-0.15, -0.1) is 0 Å². The number of hydrogen-bond acceptors (Lipinski definition) is 2. The summed E-state index contributed by atoms with van der Waals surface area (Å²) >= 11 is 6.15. The summed E-state index contributed by atoms with van der Waals surface area (Å²) in [5.74, 6) is -0.180. The van der Waals surface area contributed by atoms with Crippen molar-refractivity contribution in [2.24, 2.45) is 0 Å². The van der Waals surface area contributed by atoms with Gasteiger partial charge in [-0.3, -0.25) is 0 Å². The molecule has 0 amide bonds. The van der Waals surface area contributed by atoms with Crippen molar-refractivity contribution in [3.8, 4) is 0 Å². The van der Waals surface area contributed by atoms with Gasteiger partial charge in [-0.05, 0) is 62.9 Å². The lowest BCUT2D eigenvalue weighted by Crippen LogP contribution is -2.38. The minimum absolute atomic E-state index is 0.180. The Kier molecular flexibility index (Phi) is 5.20. The number of rotatable bonds is 4. The summed E-state index contributed by atoms with van der Waals surface area (Å²) in [6, 6.07) is 4.42. The molecule has 0 heterocycles. The Morgan fingerprint density at radius 3 is 2.47 bits per heavy atom. The van der Waals surface area contributed by atoms with E-state index in [1.54, 1.807) is 19.1 Å². The molecule has 2 rings (SSSR count). The summed E-state index contributed by atoms with van der Waals surface area (Å²) in [7, 11) is 2.02. The van der Waals surface area contributed by atoms with Crippen LogP contribution in [0.3, 0.4) is 0 Å². The lowest BCUT2D eigenvalue weighted by molar-refractivity contribution is 0.317. The first-order valence-corrected chi connectivity index (χ1v) is 7.33. The van der Waals surface area contributed by atoms with Crippen molar-refractivity contribution in [3.05, 3.63) is 34.1 Å². The third-order valence-corrected chi connectivity index (χ3v) is 4.40. The molecule has 1 fully saturated rings. The second-order valence-electron chi connectivity index (χ2n) is 5.41. The third-order valence-electron chi connectivity index (χ3n) is 4.04. The minimum atomic E-state index is -0.180. The largest absolute Gasteiger partial charge is 0.317 e. The topological polar surface area (TPSA) is 24.1 Å². The highest BCUT2D eigenvalue weighted by molar-refractivity contribution is 6.31. The first kappa shape index (κ1) is 14.8. The third kappa shape index (κ3) is 3.91. The second-order valence-corrected chi connectivity index (χ2v) is 5.82. The van der Waals surface area contributed by atoms with Crippen LogP contribution in [0.15, 0.2) is 12.1 Å². The van der Waals surface area contributed by atoms with Crippen molar-refractivity contribution in [3.63, 3.8) is 0 Å². The van der Waals surface area contributed by atoms with Gasteiger partial charge in [0.2, 0.25) is 0 Å². The molecule has 4 heteroatoms. The van der Waals surface area contributed by atoms with Crippen LogP contribution in [-0.4, -0.2) is 19.1 Å². The molecule has 0 bridgehead atoms. The van der Waals surface area contributed by atoms with Crippen LogP contribution in [0.1, 0.15) is 36.8 Å². The van der Waals surface area contributed by atoms with E-state index in [4.69, 9.17) is 11.6 Å². The Hall–Kier alpha value is -0.640. The van der Waals surface area contributed by atoms with Gasteiger partial charge in [0, 0.05) is 23.7 Å². The normalized spacial score (nSPS) is 23.6. The predicted octanol–water partition coefficient (Wildman–Crippen LogP) is 3.41. The maximum Gasteiger partial charge on any atom is 0.126 e. The highest BCUT2D eigenvalue weighted by Gasteiger charge is 2.19. The van der Waals surface area contributed by atoms with Gasteiger partial charge in [0.05, 0.1) is 0 Å². The van der Waals surface area contributed by atoms with E-state index in [0.29, 0.717) is 29.2 Å². The summed E-state index contributed by atoms with van der Waals surface area (Å²) < 4.78 is 13.5. The molecule has 1 aliphatic carbocycles. The molecule has 1 aromatic carbocycles. The van der Waals surface area contributed by atoms with Crippen LogP contribution >= 0.6 is 11.6 Å². The molecule has 1 aliphatic rings. The maximum atomic E-state index is 13.5. The van der Waals surface area contributed by atoms with Gasteiger partial charge < -0.3 is 10.6 Å². The fraction of sp³-hybridized carbons (Fsp3) is 0.600. The first-order valence-electron chi connectivity index (χ1n) is 6.95.